The number of rotatable bonds is 7. The number of ether oxygens (including phenoxy) is 3. The molecular formula is C39H31F3N4O3S. The molecule has 5 aromatic rings. The Hall–Kier alpha value is -5.78. The van der Waals surface area contributed by atoms with Gasteiger partial charge in [0.1, 0.15) is 34.3 Å². The molecular weight excluding hydrogens is 662 g/mol. The number of pyridine rings is 1. The molecule has 0 unspecified atom stereocenters. The molecule has 0 saturated heterocycles. The molecule has 7 nitrogen and oxygen atoms in total. The molecule has 252 valence electrons. The van der Waals surface area contributed by atoms with E-state index >= 15 is 0 Å². The third-order valence-corrected chi connectivity index (χ3v) is 9.64. The highest BCUT2D eigenvalue weighted by Gasteiger charge is 2.51. The Balaban J connectivity index is 1.47. The van der Waals surface area contributed by atoms with Crippen LogP contribution in [0.4, 0.5) is 13.2 Å². The zero-order valence-corrected chi connectivity index (χ0v) is 28.1. The summed E-state index contributed by atoms with van der Waals surface area (Å²) in [5.74, 6) is 7.21. The third-order valence-electron chi connectivity index (χ3n) is 8.46. The summed E-state index contributed by atoms with van der Waals surface area (Å²) in [6.45, 7) is 1.67. The number of benzene rings is 3. The van der Waals surface area contributed by atoms with E-state index in [9.17, 15) is 13.2 Å². The Kier molecular flexibility index (Phi) is 9.54. The van der Waals surface area contributed by atoms with Gasteiger partial charge in [-0.1, -0.05) is 60.5 Å². The molecule has 0 amide bonds. The molecule has 1 N–H and O–H groups in total. The third kappa shape index (κ3) is 7.00. The zero-order chi connectivity index (χ0) is 35.4. The van der Waals surface area contributed by atoms with Gasteiger partial charge in [0, 0.05) is 28.4 Å². The second-order valence-electron chi connectivity index (χ2n) is 11.7. The first kappa shape index (κ1) is 34.1. The van der Waals surface area contributed by atoms with Crippen LogP contribution in [0.5, 0.6) is 11.5 Å². The largest absolute Gasteiger partial charge is 0.497 e. The van der Waals surface area contributed by atoms with Crippen LogP contribution in [-0.4, -0.2) is 37.5 Å². The lowest BCUT2D eigenvalue weighted by Crippen LogP contribution is -2.54. The van der Waals surface area contributed by atoms with Crippen molar-refractivity contribution in [1.82, 2.24) is 10.3 Å². The number of hydrogen-bond donors (Lipinski definition) is 1. The fraction of sp³-hybridized carbons (Fsp3) is 0.205. The van der Waals surface area contributed by atoms with E-state index in [0.717, 1.165) is 5.56 Å². The van der Waals surface area contributed by atoms with Gasteiger partial charge in [0.2, 0.25) is 0 Å². The average Bonchev–Trinajstić information content (AvgIpc) is 3.63. The highest BCUT2D eigenvalue weighted by atomic mass is 32.1. The lowest BCUT2D eigenvalue weighted by molar-refractivity contribution is -0.208. The van der Waals surface area contributed by atoms with Crippen LogP contribution in [0.2, 0.25) is 0 Å². The number of thiophene rings is 1. The van der Waals surface area contributed by atoms with Gasteiger partial charge in [-0.15, -0.1) is 11.3 Å². The number of nitrogens with one attached hydrogen (secondary N) is 1. The van der Waals surface area contributed by atoms with Gasteiger partial charge in [0.15, 0.2) is 6.10 Å². The van der Waals surface area contributed by atoms with Crippen molar-refractivity contribution in [3.8, 4) is 29.4 Å². The molecule has 0 saturated carbocycles. The topological polar surface area (TPSA) is 88.8 Å². The number of aliphatic imine (C=N–C) groups is 1. The minimum atomic E-state index is -4.68. The van der Waals surface area contributed by atoms with E-state index in [1.54, 1.807) is 69.0 Å². The van der Waals surface area contributed by atoms with Crippen LogP contribution >= 0.6 is 11.3 Å². The normalized spacial score (nSPS) is 17.3. The number of hydrogen-bond acceptors (Lipinski definition) is 8. The lowest BCUT2D eigenvalue weighted by atomic mass is 9.77. The number of alkyl halides is 3. The van der Waals surface area contributed by atoms with Gasteiger partial charge in [-0.3, -0.25) is 0 Å². The molecule has 50 heavy (non-hydrogen) atoms. The van der Waals surface area contributed by atoms with Crippen LogP contribution in [0.25, 0.3) is 0 Å². The van der Waals surface area contributed by atoms with Crippen molar-refractivity contribution >= 4 is 17.4 Å². The van der Waals surface area contributed by atoms with Crippen LogP contribution in [0.1, 0.15) is 51.7 Å². The molecule has 1 aliphatic rings. The second kappa shape index (κ2) is 14.0. The predicted molar refractivity (Wildman–Crippen MR) is 185 cm³/mol. The summed E-state index contributed by atoms with van der Waals surface area (Å²) in [6, 6.07) is 30.8. The van der Waals surface area contributed by atoms with E-state index in [0.29, 0.717) is 44.3 Å². The van der Waals surface area contributed by atoms with Crippen molar-refractivity contribution in [2.75, 3.05) is 14.2 Å². The molecule has 0 fully saturated rings. The number of nitriles is 1. The Bertz CT molecular complexity index is 2030. The van der Waals surface area contributed by atoms with E-state index in [4.69, 9.17) is 24.5 Å². The van der Waals surface area contributed by atoms with Crippen LogP contribution < -0.4 is 14.8 Å². The Morgan fingerprint density at radius 2 is 1.48 bits per heavy atom. The summed E-state index contributed by atoms with van der Waals surface area (Å²) in [7, 11) is 3.13. The lowest BCUT2D eigenvalue weighted by Gasteiger charge is -2.42. The van der Waals surface area contributed by atoms with Gasteiger partial charge in [0.25, 0.3) is 6.02 Å². The molecule has 0 spiro atoms. The maximum absolute atomic E-state index is 14.6. The molecule has 1 aliphatic heterocycles. The summed E-state index contributed by atoms with van der Waals surface area (Å²) in [4.78, 5) is 9.64. The summed E-state index contributed by atoms with van der Waals surface area (Å²) in [5, 5.41) is 14.2. The maximum atomic E-state index is 14.6. The summed E-state index contributed by atoms with van der Waals surface area (Å²) < 4.78 is 60.4. The van der Waals surface area contributed by atoms with Crippen molar-refractivity contribution in [3.63, 3.8) is 0 Å². The first-order chi connectivity index (χ1) is 24.1. The fourth-order valence-corrected chi connectivity index (χ4v) is 6.79. The fourth-order valence-electron chi connectivity index (χ4n) is 5.83. The van der Waals surface area contributed by atoms with Crippen LogP contribution in [0, 0.1) is 23.2 Å². The smallest absolute Gasteiger partial charge is 0.425 e. The first-order valence-electron chi connectivity index (χ1n) is 15.5. The summed E-state index contributed by atoms with van der Waals surface area (Å²) >= 11 is 1.27. The SMILES string of the molecule is COc1ccc(C(NC2=N[C@@](C)(c3cc(C#Cc4ccc(C#N)cn4)cs3)C[C@@H](C(F)(F)F)O2)(c2ccccc2)c2ccc(OC)cc2)cc1. The maximum Gasteiger partial charge on any atom is 0.425 e. The second-order valence-corrected chi connectivity index (χ2v) is 12.6. The van der Waals surface area contributed by atoms with Crippen molar-refractivity contribution in [1.29, 1.82) is 5.26 Å². The molecule has 2 atom stereocenters. The quantitative estimate of drug-likeness (QED) is 0.138. The minimum Gasteiger partial charge on any atom is -0.497 e. The molecule has 3 heterocycles. The van der Waals surface area contributed by atoms with Crippen molar-refractivity contribution in [3.05, 3.63) is 147 Å². The molecule has 6 rings (SSSR count). The van der Waals surface area contributed by atoms with Gasteiger partial charge >= 0.3 is 6.18 Å². The average molecular weight is 693 g/mol. The van der Waals surface area contributed by atoms with Crippen molar-refractivity contribution < 1.29 is 27.4 Å². The number of methoxy groups -OCH3 is 2. The zero-order valence-electron chi connectivity index (χ0n) is 27.3. The Labute approximate surface area is 292 Å². The molecule has 3 aromatic carbocycles. The van der Waals surface area contributed by atoms with Crippen molar-refractivity contribution in [2.24, 2.45) is 4.99 Å². The van der Waals surface area contributed by atoms with Crippen LogP contribution in [-0.2, 0) is 15.8 Å². The van der Waals surface area contributed by atoms with E-state index in [1.807, 2.05) is 60.7 Å². The molecule has 0 aliphatic carbocycles. The summed E-state index contributed by atoms with van der Waals surface area (Å²) in [5.41, 5.74) is 1.06. The summed E-state index contributed by atoms with van der Waals surface area (Å²) in [6.07, 6.45) is -5.83. The predicted octanol–water partition coefficient (Wildman–Crippen LogP) is 7.94. The number of halogens is 3. The highest BCUT2D eigenvalue weighted by Crippen LogP contribution is 2.44. The van der Waals surface area contributed by atoms with E-state index in [1.165, 1.54) is 17.5 Å². The molecule has 11 heteroatoms. The van der Waals surface area contributed by atoms with Crippen LogP contribution in [0.3, 0.4) is 0 Å². The van der Waals surface area contributed by atoms with E-state index < -0.39 is 29.8 Å². The Morgan fingerprint density at radius 3 is 2.02 bits per heavy atom. The van der Waals surface area contributed by atoms with Crippen molar-refractivity contribution in [2.45, 2.75) is 36.7 Å². The van der Waals surface area contributed by atoms with E-state index in [-0.39, 0.29) is 6.02 Å². The first-order valence-corrected chi connectivity index (χ1v) is 16.4. The van der Waals surface area contributed by atoms with Gasteiger partial charge in [-0.25, -0.2) is 9.98 Å². The van der Waals surface area contributed by atoms with Crippen LogP contribution in [0.15, 0.2) is 114 Å². The molecule has 0 radical (unpaired) electrons. The standard InChI is InChI=1S/C39H31F3N4O3S/c1-37(35-21-26(25-50-35)9-15-31-16-10-27(23-43)24-44-31)22-34(39(40,41)42)49-36(45-37)46-38(28-7-5-4-6-8-28,29-11-17-32(47-2)18-12-29)30-13-19-33(48-3)20-14-30/h4-8,10-14,16-21,24-25,34H,22H2,1-3H3,(H,45,46)/t34-,37+/m0/s1. The number of amidine groups is 1. The molecule has 0 bridgehead atoms. The number of aromatic nitrogens is 1. The highest BCUT2D eigenvalue weighted by molar-refractivity contribution is 7.10. The molecule has 2 aromatic heterocycles. The minimum absolute atomic E-state index is 0.264. The van der Waals surface area contributed by atoms with Gasteiger partial charge in [0.05, 0.1) is 19.8 Å². The van der Waals surface area contributed by atoms with Gasteiger partial charge in [-0.05, 0) is 72.0 Å². The van der Waals surface area contributed by atoms with Gasteiger partial charge < -0.3 is 19.5 Å². The number of nitrogens with zero attached hydrogens (tertiary/aromatic N) is 3. The van der Waals surface area contributed by atoms with Gasteiger partial charge in [-0.2, -0.15) is 18.4 Å². The Morgan fingerprint density at radius 1 is 0.860 bits per heavy atom. The monoisotopic (exact) mass is 692 g/mol. The van der Waals surface area contributed by atoms with E-state index in [2.05, 4.69) is 22.1 Å².